The van der Waals surface area contributed by atoms with Crippen molar-refractivity contribution in [3.63, 3.8) is 0 Å². The van der Waals surface area contributed by atoms with Gasteiger partial charge in [0.1, 0.15) is 10.7 Å². The lowest BCUT2D eigenvalue weighted by Gasteiger charge is -2.15. The van der Waals surface area contributed by atoms with Crippen molar-refractivity contribution < 1.29 is 19.2 Å². The lowest BCUT2D eigenvalue weighted by molar-refractivity contribution is -0.120. The van der Waals surface area contributed by atoms with E-state index in [0.29, 0.717) is 27.0 Å². The number of amides is 3. The fourth-order valence-electron chi connectivity index (χ4n) is 4.06. The van der Waals surface area contributed by atoms with Gasteiger partial charge in [0.25, 0.3) is 17.7 Å². The van der Waals surface area contributed by atoms with E-state index >= 15 is 0 Å². The number of nitrogens with one attached hydrogen (secondary N) is 2. The molecule has 10 heteroatoms. The number of carbonyl (C=O) groups excluding carboxylic acids is 4. The maximum absolute atomic E-state index is 13.1. The molecule has 3 amide bonds. The molecule has 40 heavy (non-hydrogen) atoms. The first-order valence-corrected chi connectivity index (χ1v) is 13.0. The molecule has 198 valence electrons. The molecule has 0 unspecified atom stereocenters. The van der Waals surface area contributed by atoms with E-state index < -0.39 is 17.7 Å². The molecule has 1 aliphatic heterocycles. The standard InChI is InChI=1S/C30H18Cl3N3O4/c31-19-7-4-8-22(15-19)36-29(39)25(33)26(30(36)40)34-21-12-9-18(10-13-21)28(38)35-24-14-11-20(32)16-23(24)27(37)17-5-2-1-3-6-17/h1-16,34H,(H,35,38). The molecule has 0 saturated heterocycles. The van der Waals surface area contributed by atoms with Crippen LogP contribution in [0.3, 0.4) is 0 Å². The third kappa shape index (κ3) is 5.49. The highest BCUT2D eigenvalue weighted by Gasteiger charge is 2.39. The molecule has 0 saturated carbocycles. The van der Waals surface area contributed by atoms with Gasteiger partial charge in [-0.05, 0) is 60.7 Å². The number of benzene rings is 4. The summed E-state index contributed by atoms with van der Waals surface area (Å²) in [6.45, 7) is 0. The molecular formula is C30H18Cl3N3O4. The Kier molecular flexibility index (Phi) is 7.71. The molecule has 0 aliphatic carbocycles. The van der Waals surface area contributed by atoms with E-state index in [1.807, 2.05) is 0 Å². The van der Waals surface area contributed by atoms with E-state index in [4.69, 9.17) is 34.8 Å². The van der Waals surface area contributed by atoms with Crippen LogP contribution in [0.2, 0.25) is 10.0 Å². The van der Waals surface area contributed by atoms with E-state index in [2.05, 4.69) is 10.6 Å². The zero-order valence-electron chi connectivity index (χ0n) is 20.5. The van der Waals surface area contributed by atoms with Crippen molar-refractivity contribution in [1.82, 2.24) is 0 Å². The predicted molar refractivity (Wildman–Crippen MR) is 156 cm³/mol. The first-order chi connectivity index (χ1) is 19.2. The zero-order valence-corrected chi connectivity index (χ0v) is 22.7. The Balaban J connectivity index is 1.32. The van der Waals surface area contributed by atoms with Crippen LogP contribution in [0.4, 0.5) is 17.1 Å². The van der Waals surface area contributed by atoms with Crippen molar-refractivity contribution >= 4 is 75.4 Å². The maximum Gasteiger partial charge on any atom is 0.283 e. The first kappa shape index (κ1) is 27.1. The maximum atomic E-state index is 13.1. The molecule has 5 rings (SSSR count). The third-order valence-electron chi connectivity index (χ3n) is 6.02. The molecule has 0 spiro atoms. The summed E-state index contributed by atoms with van der Waals surface area (Å²) in [6, 6.07) is 25.8. The highest BCUT2D eigenvalue weighted by atomic mass is 35.5. The van der Waals surface area contributed by atoms with E-state index in [9.17, 15) is 19.2 Å². The fourth-order valence-corrected chi connectivity index (χ4v) is 4.63. The van der Waals surface area contributed by atoms with Crippen LogP contribution in [-0.4, -0.2) is 23.5 Å². The molecular weight excluding hydrogens is 573 g/mol. The summed E-state index contributed by atoms with van der Waals surface area (Å²) in [5.41, 5.74) is 1.90. The van der Waals surface area contributed by atoms with E-state index in [-0.39, 0.29) is 33.3 Å². The fraction of sp³-hybridized carbons (Fsp3) is 0. The second-order valence-electron chi connectivity index (χ2n) is 8.66. The molecule has 4 aromatic carbocycles. The van der Waals surface area contributed by atoms with Gasteiger partial charge in [-0.1, -0.05) is 71.2 Å². The molecule has 0 fully saturated rings. The minimum Gasteiger partial charge on any atom is -0.350 e. The molecule has 1 heterocycles. The largest absolute Gasteiger partial charge is 0.350 e. The number of ketones is 1. The average Bonchev–Trinajstić information content (AvgIpc) is 3.17. The van der Waals surface area contributed by atoms with Crippen LogP contribution >= 0.6 is 34.8 Å². The molecule has 7 nitrogen and oxygen atoms in total. The van der Waals surface area contributed by atoms with Crippen LogP contribution in [0.25, 0.3) is 0 Å². The summed E-state index contributed by atoms with van der Waals surface area (Å²) in [7, 11) is 0. The van der Waals surface area contributed by atoms with E-state index in [1.165, 1.54) is 24.3 Å². The van der Waals surface area contributed by atoms with Gasteiger partial charge in [0.15, 0.2) is 5.78 Å². The number of anilines is 3. The minimum atomic E-state index is -0.684. The zero-order chi connectivity index (χ0) is 28.4. The normalized spacial score (nSPS) is 13.0. The highest BCUT2D eigenvalue weighted by molar-refractivity contribution is 6.53. The van der Waals surface area contributed by atoms with Gasteiger partial charge in [-0.2, -0.15) is 0 Å². The second kappa shape index (κ2) is 11.4. The van der Waals surface area contributed by atoms with Crippen LogP contribution in [0.15, 0.2) is 108 Å². The predicted octanol–water partition coefficient (Wildman–Crippen LogP) is 6.91. The number of imide groups is 1. The lowest BCUT2D eigenvalue weighted by atomic mass is 10.0. The lowest BCUT2D eigenvalue weighted by Crippen LogP contribution is -2.32. The van der Waals surface area contributed by atoms with Crippen molar-refractivity contribution in [3.8, 4) is 0 Å². The number of rotatable bonds is 7. The Morgan fingerprint density at radius 2 is 1.38 bits per heavy atom. The SMILES string of the molecule is O=C(Nc1ccc(Cl)cc1C(=O)c1ccccc1)c1ccc(NC2=C(Cl)C(=O)N(c3cccc(Cl)c3)C2=O)cc1. The summed E-state index contributed by atoms with van der Waals surface area (Å²) >= 11 is 18.3. The number of carbonyl (C=O) groups is 4. The van der Waals surface area contributed by atoms with Crippen LogP contribution in [0, 0.1) is 0 Å². The van der Waals surface area contributed by atoms with Crippen molar-refractivity contribution in [2.45, 2.75) is 0 Å². The number of hydrogen-bond donors (Lipinski definition) is 2. The quantitative estimate of drug-likeness (QED) is 0.180. The molecule has 0 aromatic heterocycles. The van der Waals surface area contributed by atoms with Gasteiger partial charge in [0, 0.05) is 32.4 Å². The summed E-state index contributed by atoms with van der Waals surface area (Å²) in [5, 5.41) is 6.07. The minimum absolute atomic E-state index is 0.103. The van der Waals surface area contributed by atoms with Crippen molar-refractivity contribution in [1.29, 1.82) is 0 Å². The van der Waals surface area contributed by atoms with Gasteiger partial charge < -0.3 is 10.6 Å². The summed E-state index contributed by atoms with van der Waals surface area (Å²) < 4.78 is 0. The van der Waals surface area contributed by atoms with Gasteiger partial charge in [0.05, 0.1) is 11.4 Å². The van der Waals surface area contributed by atoms with Crippen LogP contribution in [-0.2, 0) is 9.59 Å². The van der Waals surface area contributed by atoms with Crippen molar-refractivity contribution in [3.05, 3.63) is 135 Å². The second-order valence-corrected chi connectivity index (χ2v) is 9.91. The van der Waals surface area contributed by atoms with Gasteiger partial charge in [0.2, 0.25) is 0 Å². The highest BCUT2D eigenvalue weighted by Crippen LogP contribution is 2.31. The Labute approximate surface area is 244 Å². The Morgan fingerprint density at radius 3 is 2.08 bits per heavy atom. The van der Waals surface area contributed by atoms with Gasteiger partial charge >= 0.3 is 0 Å². The topological polar surface area (TPSA) is 95.6 Å². The molecule has 0 radical (unpaired) electrons. The molecule has 4 aromatic rings. The van der Waals surface area contributed by atoms with Crippen LogP contribution < -0.4 is 15.5 Å². The smallest absolute Gasteiger partial charge is 0.283 e. The van der Waals surface area contributed by atoms with Gasteiger partial charge in [-0.25, -0.2) is 4.90 Å². The van der Waals surface area contributed by atoms with E-state index in [1.54, 1.807) is 72.8 Å². The summed E-state index contributed by atoms with van der Waals surface area (Å²) in [5.74, 6) is -2.08. The number of hydrogen-bond acceptors (Lipinski definition) is 5. The van der Waals surface area contributed by atoms with E-state index in [0.717, 1.165) is 4.90 Å². The van der Waals surface area contributed by atoms with Crippen LogP contribution in [0.5, 0.6) is 0 Å². The first-order valence-electron chi connectivity index (χ1n) is 11.8. The number of nitrogens with zero attached hydrogens (tertiary/aromatic N) is 1. The Morgan fingerprint density at radius 1 is 0.675 bits per heavy atom. The summed E-state index contributed by atoms with van der Waals surface area (Å²) in [6.07, 6.45) is 0. The van der Waals surface area contributed by atoms with Crippen LogP contribution in [0.1, 0.15) is 26.3 Å². The molecule has 0 bridgehead atoms. The van der Waals surface area contributed by atoms with Gasteiger partial charge in [-0.15, -0.1) is 0 Å². The molecule has 2 N–H and O–H groups in total. The van der Waals surface area contributed by atoms with Crippen molar-refractivity contribution in [2.24, 2.45) is 0 Å². The Bertz CT molecular complexity index is 1700. The Hall–Kier alpha value is -4.43. The van der Waals surface area contributed by atoms with Crippen molar-refractivity contribution in [2.75, 3.05) is 15.5 Å². The monoisotopic (exact) mass is 589 g/mol. The molecule has 0 atom stereocenters. The summed E-state index contributed by atoms with van der Waals surface area (Å²) in [4.78, 5) is 52.7. The van der Waals surface area contributed by atoms with Gasteiger partial charge in [-0.3, -0.25) is 19.2 Å². The number of halogens is 3. The molecule has 1 aliphatic rings. The average molecular weight is 591 g/mol. The third-order valence-corrected chi connectivity index (χ3v) is 6.84.